The predicted octanol–water partition coefficient (Wildman–Crippen LogP) is 3.27. The van der Waals surface area contributed by atoms with Crippen LogP contribution in [-0.4, -0.2) is 17.4 Å². The Hall–Kier alpha value is -0.350. The van der Waals surface area contributed by atoms with Crippen LogP contribution >= 0.6 is 27.3 Å². The van der Waals surface area contributed by atoms with Gasteiger partial charge in [-0.1, -0.05) is 6.92 Å². The third-order valence-electron chi connectivity index (χ3n) is 2.77. The zero-order valence-corrected chi connectivity index (χ0v) is 11.1. The molecule has 1 amide bonds. The zero-order valence-electron chi connectivity index (χ0n) is 8.70. The highest BCUT2D eigenvalue weighted by Crippen LogP contribution is 2.25. The number of hydrogen-bond donors (Lipinski definition) is 0. The average molecular weight is 288 g/mol. The van der Waals surface area contributed by atoms with Gasteiger partial charge in [0, 0.05) is 17.3 Å². The molecule has 0 aliphatic carbocycles. The summed E-state index contributed by atoms with van der Waals surface area (Å²) < 4.78 is 1.13. The first-order valence-electron chi connectivity index (χ1n) is 5.20. The van der Waals surface area contributed by atoms with Crippen LogP contribution in [0, 0.1) is 5.92 Å². The quantitative estimate of drug-likeness (QED) is 0.818. The molecule has 2 rings (SSSR count). The first-order valence-corrected chi connectivity index (χ1v) is 6.81. The second-order valence-corrected chi connectivity index (χ2v) is 6.56. The maximum absolute atomic E-state index is 11.9. The Bertz CT molecular complexity index is 363. The van der Waals surface area contributed by atoms with Gasteiger partial charge in [-0.3, -0.25) is 4.79 Å². The van der Waals surface area contributed by atoms with E-state index in [4.69, 9.17) is 0 Å². The summed E-state index contributed by atoms with van der Waals surface area (Å²) in [5, 5.41) is 0. The van der Waals surface area contributed by atoms with Crippen molar-refractivity contribution in [1.82, 2.24) is 4.90 Å². The Kier molecular flexibility index (Phi) is 3.46. The van der Waals surface area contributed by atoms with E-state index < -0.39 is 0 Å². The number of piperidine rings is 1. The predicted molar refractivity (Wildman–Crippen MR) is 65.8 cm³/mol. The first-order chi connectivity index (χ1) is 7.16. The lowest BCUT2D eigenvalue weighted by atomic mass is 9.99. The standard InChI is InChI=1S/C11H14BrNOS/c1-8-3-2-6-13(11(8)14)7-9-4-5-10(12)15-9/h4-5,8H,2-3,6-7H2,1H3. The minimum absolute atomic E-state index is 0.210. The second kappa shape index (κ2) is 4.66. The van der Waals surface area contributed by atoms with E-state index in [1.807, 2.05) is 17.9 Å². The molecule has 0 saturated carbocycles. The van der Waals surface area contributed by atoms with Crippen molar-refractivity contribution in [2.75, 3.05) is 6.54 Å². The van der Waals surface area contributed by atoms with Crippen LogP contribution in [0.4, 0.5) is 0 Å². The third kappa shape index (κ3) is 2.61. The number of nitrogens with zero attached hydrogens (tertiary/aromatic N) is 1. The zero-order chi connectivity index (χ0) is 10.8. The van der Waals surface area contributed by atoms with Crippen LogP contribution in [0.3, 0.4) is 0 Å². The minimum Gasteiger partial charge on any atom is -0.337 e. The summed E-state index contributed by atoms with van der Waals surface area (Å²) in [4.78, 5) is 15.1. The van der Waals surface area contributed by atoms with Crippen LogP contribution in [-0.2, 0) is 11.3 Å². The van der Waals surface area contributed by atoms with Gasteiger partial charge in [0.2, 0.25) is 5.91 Å². The van der Waals surface area contributed by atoms with E-state index in [0.717, 1.165) is 29.7 Å². The average Bonchev–Trinajstić information content (AvgIpc) is 2.59. The third-order valence-corrected chi connectivity index (χ3v) is 4.38. The van der Waals surface area contributed by atoms with Crippen LogP contribution in [0.25, 0.3) is 0 Å². The van der Waals surface area contributed by atoms with Crippen LogP contribution in [0.2, 0.25) is 0 Å². The monoisotopic (exact) mass is 287 g/mol. The van der Waals surface area contributed by atoms with Crippen molar-refractivity contribution in [1.29, 1.82) is 0 Å². The Morgan fingerprint density at radius 2 is 2.40 bits per heavy atom. The topological polar surface area (TPSA) is 20.3 Å². The molecule has 1 aromatic heterocycles. The maximum Gasteiger partial charge on any atom is 0.225 e. The number of hydrogen-bond acceptors (Lipinski definition) is 2. The van der Waals surface area contributed by atoms with Crippen molar-refractivity contribution in [2.45, 2.75) is 26.3 Å². The molecule has 1 unspecified atom stereocenters. The van der Waals surface area contributed by atoms with Gasteiger partial charge >= 0.3 is 0 Å². The van der Waals surface area contributed by atoms with Crippen LogP contribution in [0.15, 0.2) is 15.9 Å². The first kappa shape index (κ1) is 11.1. The number of halogens is 1. The molecular weight excluding hydrogens is 274 g/mol. The van der Waals surface area contributed by atoms with Gasteiger partial charge < -0.3 is 4.90 Å². The van der Waals surface area contributed by atoms with Gasteiger partial charge in [0.1, 0.15) is 0 Å². The second-order valence-electron chi connectivity index (χ2n) is 4.01. The van der Waals surface area contributed by atoms with E-state index in [0.29, 0.717) is 5.91 Å². The van der Waals surface area contributed by atoms with Gasteiger partial charge in [-0.2, -0.15) is 0 Å². The lowest BCUT2D eigenvalue weighted by Gasteiger charge is -2.30. The lowest BCUT2D eigenvalue weighted by Crippen LogP contribution is -2.39. The Labute approximate surface area is 102 Å². The summed E-state index contributed by atoms with van der Waals surface area (Å²) >= 11 is 5.15. The van der Waals surface area contributed by atoms with E-state index in [-0.39, 0.29) is 5.92 Å². The van der Waals surface area contributed by atoms with Crippen LogP contribution in [0.1, 0.15) is 24.6 Å². The molecule has 2 heterocycles. The van der Waals surface area contributed by atoms with Crippen LogP contribution < -0.4 is 0 Å². The summed E-state index contributed by atoms with van der Waals surface area (Å²) in [5.41, 5.74) is 0. The van der Waals surface area contributed by atoms with E-state index in [1.54, 1.807) is 11.3 Å². The van der Waals surface area contributed by atoms with Gasteiger partial charge in [0.25, 0.3) is 0 Å². The lowest BCUT2D eigenvalue weighted by molar-refractivity contribution is -0.138. The fourth-order valence-corrected chi connectivity index (χ4v) is 3.41. The highest BCUT2D eigenvalue weighted by atomic mass is 79.9. The molecule has 1 aliphatic heterocycles. The molecule has 0 N–H and O–H groups in total. The molecule has 1 fully saturated rings. The highest BCUT2D eigenvalue weighted by molar-refractivity contribution is 9.11. The molecule has 0 spiro atoms. The van der Waals surface area contributed by atoms with Crippen molar-refractivity contribution >= 4 is 33.2 Å². The molecule has 82 valence electrons. The SMILES string of the molecule is CC1CCCN(Cc2ccc(Br)s2)C1=O. The normalized spacial score (nSPS) is 22.1. The van der Waals surface area contributed by atoms with E-state index in [2.05, 4.69) is 22.0 Å². The van der Waals surface area contributed by atoms with Gasteiger partial charge in [-0.15, -0.1) is 11.3 Å². The molecule has 4 heteroatoms. The molecule has 0 bridgehead atoms. The molecule has 1 atom stereocenters. The summed E-state index contributed by atoms with van der Waals surface area (Å²) in [5.74, 6) is 0.521. The number of carbonyl (C=O) groups is 1. The molecule has 15 heavy (non-hydrogen) atoms. The summed E-state index contributed by atoms with van der Waals surface area (Å²) in [6.45, 7) is 3.72. The van der Waals surface area contributed by atoms with Crippen molar-refractivity contribution in [3.05, 3.63) is 20.8 Å². The summed E-state index contributed by atoms with van der Waals surface area (Å²) in [7, 11) is 0. The highest BCUT2D eigenvalue weighted by Gasteiger charge is 2.25. The molecule has 0 aromatic carbocycles. The van der Waals surface area contributed by atoms with Gasteiger partial charge in [0.15, 0.2) is 0 Å². The molecule has 1 aromatic rings. The van der Waals surface area contributed by atoms with Crippen molar-refractivity contribution in [2.24, 2.45) is 5.92 Å². The smallest absolute Gasteiger partial charge is 0.225 e. The van der Waals surface area contributed by atoms with E-state index >= 15 is 0 Å². The number of carbonyl (C=O) groups excluding carboxylic acids is 1. The Balaban J connectivity index is 2.02. The molecule has 1 saturated heterocycles. The molecule has 1 aliphatic rings. The number of likely N-dealkylation sites (tertiary alicyclic amines) is 1. The van der Waals surface area contributed by atoms with Gasteiger partial charge in [-0.25, -0.2) is 0 Å². The Morgan fingerprint density at radius 3 is 3.07 bits per heavy atom. The van der Waals surface area contributed by atoms with Crippen molar-refractivity contribution in [3.8, 4) is 0 Å². The summed E-state index contributed by atoms with van der Waals surface area (Å²) in [6, 6.07) is 4.12. The van der Waals surface area contributed by atoms with Crippen molar-refractivity contribution in [3.63, 3.8) is 0 Å². The minimum atomic E-state index is 0.210. The molecular formula is C11H14BrNOS. The fraction of sp³-hybridized carbons (Fsp3) is 0.545. The van der Waals surface area contributed by atoms with Crippen LogP contribution in [0.5, 0.6) is 0 Å². The largest absolute Gasteiger partial charge is 0.337 e. The van der Waals surface area contributed by atoms with Gasteiger partial charge in [0.05, 0.1) is 10.3 Å². The van der Waals surface area contributed by atoms with Gasteiger partial charge in [-0.05, 0) is 40.9 Å². The molecule has 2 nitrogen and oxygen atoms in total. The maximum atomic E-state index is 11.9. The Morgan fingerprint density at radius 1 is 1.60 bits per heavy atom. The van der Waals surface area contributed by atoms with E-state index in [9.17, 15) is 4.79 Å². The summed E-state index contributed by atoms with van der Waals surface area (Å²) in [6.07, 6.45) is 2.18. The number of amides is 1. The fourth-order valence-electron chi connectivity index (χ4n) is 1.92. The van der Waals surface area contributed by atoms with E-state index in [1.165, 1.54) is 4.88 Å². The van der Waals surface area contributed by atoms with Crippen molar-refractivity contribution < 1.29 is 4.79 Å². The molecule has 0 radical (unpaired) electrons. The number of thiophene rings is 1. The number of rotatable bonds is 2.